The molecule has 0 saturated carbocycles. The number of fused-ring (bicyclic) bond motifs is 1. The van der Waals surface area contributed by atoms with Gasteiger partial charge in [-0.2, -0.15) is 0 Å². The number of aryl methyl sites for hydroxylation is 1. The van der Waals surface area contributed by atoms with Crippen LogP contribution in [-0.2, 0) is 0 Å². The molecule has 1 aromatic heterocycles. The number of piperidine rings is 1. The average molecular weight is 527 g/mol. The lowest BCUT2D eigenvalue weighted by atomic mass is 9.98. The van der Waals surface area contributed by atoms with E-state index in [1.807, 2.05) is 55.5 Å². The summed E-state index contributed by atoms with van der Waals surface area (Å²) in [5.41, 5.74) is 2.78. The van der Waals surface area contributed by atoms with Gasteiger partial charge in [-0.15, -0.1) is 0 Å². The summed E-state index contributed by atoms with van der Waals surface area (Å²) < 4.78 is 18.1. The van der Waals surface area contributed by atoms with Crippen LogP contribution in [-0.4, -0.2) is 60.7 Å². The number of aliphatic hydroxyl groups is 1. The second kappa shape index (κ2) is 12.3. The Morgan fingerprint density at radius 2 is 1.77 bits per heavy atom. The van der Waals surface area contributed by atoms with Crippen molar-refractivity contribution in [2.24, 2.45) is 5.92 Å². The number of carbonyl (C=O) groups is 1. The fraction of sp³-hybridized carbons (Fsp3) is 0.312. The summed E-state index contributed by atoms with van der Waals surface area (Å²) in [5, 5.41) is 10.1. The van der Waals surface area contributed by atoms with E-state index in [2.05, 4.69) is 9.88 Å². The van der Waals surface area contributed by atoms with Crippen LogP contribution in [0, 0.1) is 12.8 Å². The molecule has 1 N–H and O–H groups in total. The number of pyridine rings is 1. The zero-order chi connectivity index (χ0) is 27.2. The molecule has 0 atom stereocenters. The first kappa shape index (κ1) is 26.7. The van der Waals surface area contributed by atoms with Crippen molar-refractivity contribution in [3.8, 4) is 23.0 Å². The van der Waals surface area contributed by atoms with Crippen molar-refractivity contribution in [3.05, 3.63) is 89.6 Å². The number of ketones is 1. The number of aliphatic hydroxyl groups excluding tert-OH is 1. The van der Waals surface area contributed by atoms with Crippen LogP contribution in [0.3, 0.4) is 0 Å². The van der Waals surface area contributed by atoms with E-state index in [0.29, 0.717) is 52.2 Å². The predicted molar refractivity (Wildman–Crippen MR) is 151 cm³/mol. The quantitative estimate of drug-likeness (QED) is 0.267. The third kappa shape index (κ3) is 6.21. The third-order valence-electron chi connectivity index (χ3n) is 7.25. The fourth-order valence-electron chi connectivity index (χ4n) is 4.94. The second-order valence-electron chi connectivity index (χ2n) is 9.94. The van der Waals surface area contributed by atoms with E-state index in [1.54, 1.807) is 31.5 Å². The van der Waals surface area contributed by atoms with Crippen molar-refractivity contribution in [1.82, 2.24) is 9.88 Å². The van der Waals surface area contributed by atoms with Crippen LogP contribution in [0.15, 0.2) is 72.9 Å². The molecule has 1 aliphatic heterocycles. The van der Waals surface area contributed by atoms with Crippen molar-refractivity contribution < 1.29 is 24.1 Å². The molecule has 202 valence electrons. The zero-order valence-corrected chi connectivity index (χ0v) is 22.4. The number of benzene rings is 3. The molecule has 0 unspecified atom stereocenters. The van der Waals surface area contributed by atoms with Gasteiger partial charge in [0.05, 0.1) is 18.2 Å². The van der Waals surface area contributed by atoms with Gasteiger partial charge in [0.25, 0.3) is 0 Å². The van der Waals surface area contributed by atoms with E-state index in [4.69, 9.17) is 14.2 Å². The van der Waals surface area contributed by atoms with Gasteiger partial charge in [0, 0.05) is 36.4 Å². The monoisotopic (exact) mass is 526 g/mol. The molecule has 0 bridgehead atoms. The van der Waals surface area contributed by atoms with E-state index in [0.717, 1.165) is 43.4 Å². The molecule has 1 aliphatic rings. The first-order valence-corrected chi connectivity index (χ1v) is 13.4. The first-order chi connectivity index (χ1) is 19.1. The highest BCUT2D eigenvalue weighted by molar-refractivity contribution is 6.11. The highest BCUT2D eigenvalue weighted by Crippen LogP contribution is 2.38. The Kier molecular flexibility index (Phi) is 8.39. The lowest BCUT2D eigenvalue weighted by Crippen LogP contribution is -2.37. The number of likely N-dealkylation sites (tertiary alicyclic amines) is 1. The van der Waals surface area contributed by atoms with Crippen LogP contribution in [0.2, 0.25) is 0 Å². The van der Waals surface area contributed by atoms with Gasteiger partial charge in [-0.25, -0.2) is 0 Å². The van der Waals surface area contributed by atoms with Gasteiger partial charge in [-0.1, -0.05) is 42.0 Å². The first-order valence-electron chi connectivity index (χ1n) is 13.4. The Morgan fingerprint density at radius 1 is 0.974 bits per heavy atom. The summed E-state index contributed by atoms with van der Waals surface area (Å²) in [4.78, 5) is 20.2. The minimum atomic E-state index is -0.0958. The number of methoxy groups -OCH3 is 1. The molecule has 0 spiro atoms. The maximum absolute atomic E-state index is 13.3. The Balaban J connectivity index is 1.37. The van der Waals surface area contributed by atoms with Crippen molar-refractivity contribution >= 4 is 16.7 Å². The molecule has 5 rings (SSSR count). The van der Waals surface area contributed by atoms with Gasteiger partial charge in [-0.3, -0.25) is 14.7 Å². The molecular formula is C32H34N2O5. The van der Waals surface area contributed by atoms with E-state index >= 15 is 0 Å². The van der Waals surface area contributed by atoms with Crippen LogP contribution in [0.5, 0.6) is 23.0 Å². The Bertz CT molecular complexity index is 1430. The molecule has 2 heterocycles. The zero-order valence-electron chi connectivity index (χ0n) is 22.4. The maximum atomic E-state index is 13.3. The lowest BCUT2D eigenvalue weighted by molar-refractivity contribution is 0.103. The smallest absolute Gasteiger partial charge is 0.196 e. The highest BCUT2D eigenvalue weighted by Gasteiger charge is 2.20. The molecule has 1 saturated heterocycles. The normalized spacial score (nSPS) is 14.3. The molecule has 0 aliphatic carbocycles. The van der Waals surface area contributed by atoms with Crippen molar-refractivity contribution in [2.75, 3.05) is 40.0 Å². The number of aromatic nitrogens is 1. The second-order valence-corrected chi connectivity index (χ2v) is 9.94. The van der Waals surface area contributed by atoms with Gasteiger partial charge in [0.2, 0.25) is 0 Å². The molecule has 7 nitrogen and oxygen atoms in total. The van der Waals surface area contributed by atoms with Gasteiger partial charge < -0.3 is 19.3 Å². The number of carbonyl (C=O) groups excluding carboxylic acids is 1. The van der Waals surface area contributed by atoms with Crippen molar-refractivity contribution in [3.63, 3.8) is 0 Å². The van der Waals surface area contributed by atoms with Gasteiger partial charge in [-0.05, 0) is 63.0 Å². The predicted octanol–water partition coefficient (Wildman–Crippen LogP) is 5.66. The van der Waals surface area contributed by atoms with Gasteiger partial charge in [0.15, 0.2) is 17.3 Å². The highest BCUT2D eigenvalue weighted by atomic mass is 16.5. The summed E-state index contributed by atoms with van der Waals surface area (Å²) in [6, 6.07) is 20.3. The number of hydrogen-bond donors (Lipinski definition) is 1. The number of hydrogen-bond acceptors (Lipinski definition) is 7. The minimum absolute atomic E-state index is 0.0958. The van der Waals surface area contributed by atoms with E-state index in [9.17, 15) is 9.90 Å². The molecule has 0 amide bonds. The summed E-state index contributed by atoms with van der Waals surface area (Å²) in [6.45, 7) is 5.50. The Morgan fingerprint density at radius 3 is 2.51 bits per heavy atom. The van der Waals surface area contributed by atoms with E-state index in [1.165, 1.54) is 0 Å². The maximum Gasteiger partial charge on any atom is 0.196 e. The summed E-state index contributed by atoms with van der Waals surface area (Å²) in [5.74, 6) is 2.58. The van der Waals surface area contributed by atoms with Gasteiger partial charge >= 0.3 is 0 Å². The Hall–Kier alpha value is -3.94. The number of rotatable bonds is 10. The molecular weight excluding hydrogens is 492 g/mol. The summed E-state index contributed by atoms with van der Waals surface area (Å²) >= 11 is 0. The Labute approximate surface area is 229 Å². The van der Waals surface area contributed by atoms with Crippen LogP contribution >= 0.6 is 0 Å². The molecule has 39 heavy (non-hydrogen) atoms. The van der Waals surface area contributed by atoms with Crippen LogP contribution in [0.4, 0.5) is 0 Å². The van der Waals surface area contributed by atoms with Crippen LogP contribution in [0.25, 0.3) is 10.9 Å². The van der Waals surface area contributed by atoms with E-state index in [-0.39, 0.29) is 12.4 Å². The minimum Gasteiger partial charge on any atom is -0.493 e. The molecule has 3 aromatic carbocycles. The average Bonchev–Trinajstić information content (AvgIpc) is 2.98. The van der Waals surface area contributed by atoms with Crippen molar-refractivity contribution in [1.29, 1.82) is 0 Å². The summed E-state index contributed by atoms with van der Waals surface area (Å²) in [7, 11) is 1.61. The summed E-state index contributed by atoms with van der Waals surface area (Å²) in [6.07, 6.45) is 3.72. The van der Waals surface area contributed by atoms with Crippen molar-refractivity contribution in [2.45, 2.75) is 19.8 Å². The van der Waals surface area contributed by atoms with Crippen LogP contribution < -0.4 is 14.2 Å². The van der Waals surface area contributed by atoms with E-state index < -0.39 is 0 Å². The molecule has 0 radical (unpaired) electrons. The third-order valence-corrected chi connectivity index (χ3v) is 7.25. The lowest BCUT2D eigenvalue weighted by Gasteiger charge is -2.30. The SMILES string of the molecule is COc1cc2c(Oc3ccc(C)cc3C(=O)c3ccccc3)ccnc2cc1OCCN1CCC(CO)CC1. The molecule has 1 fully saturated rings. The number of ether oxygens (including phenoxy) is 3. The standard InChI is InChI=1S/C32H34N2O5/c1-22-8-9-28(26(18-22)32(36)24-6-4-3-5-7-24)39-29-10-13-33-27-20-31(30(37-2)19-25(27)29)38-17-16-34-14-11-23(21-35)12-15-34/h3-10,13,18-20,23,35H,11-12,14-17,21H2,1-2H3. The fourth-order valence-corrected chi connectivity index (χ4v) is 4.94. The van der Waals surface area contributed by atoms with Crippen LogP contribution in [0.1, 0.15) is 34.3 Å². The number of nitrogens with zero attached hydrogens (tertiary/aromatic N) is 2. The molecule has 4 aromatic rings. The largest absolute Gasteiger partial charge is 0.493 e. The topological polar surface area (TPSA) is 81.1 Å². The van der Waals surface area contributed by atoms with Gasteiger partial charge in [0.1, 0.15) is 18.1 Å². The molecule has 7 heteroatoms.